The van der Waals surface area contributed by atoms with Crippen molar-refractivity contribution >= 4 is 11.7 Å². The second-order valence-electron chi connectivity index (χ2n) is 3.08. The molecule has 12 heavy (non-hydrogen) atoms. The predicted molar refractivity (Wildman–Crippen MR) is 44.4 cm³/mol. The first-order valence-corrected chi connectivity index (χ1v) is 3.96. The molecule has 0 radical (unpaired) electrons. The molecule has 0 spiro atoms. The molecule has 2 heterocycles. The molecule has 1 unspecified atom stereocenters. The number of aliphatic carboxylic acids is 1. The van der Waals surface area contributed by atoms with E-state index in [1.54, 1.807) is 6.08 Å². The zero-order valence-electron chi connectivity index (χ0n) is 6.58. The van der Waals surface area contributed by atoms with Crippen LogP contribution in [-0.2, 0) is 4.79 Å². The van der Waals surface area contributed by atoms with Gasteiger partial charge in [-0.15, -0.1) is 0 Å². The van der Waals surface area contributed by atoms with E-state index in [1.807, 2.05) is 0 Å². The number of aliphatic imine (C=N–C) groups is 1. The fourth-order valence-electron chi connectivity index (χ4n) is 1.58. The molecule has 2 N–H and O–H groups in total. The molecular formula is C8H10N2O2. The molecule has 1 saturated heterocycles. The summed E-state index contributed by atoms with van der Waals surface area (Å²) >= 11 is 0. The Morgan fingerprint density at radius 2 is 2.58 bits per heavy atom. The van der Waals surface area contributed by atoms with E-state index >= 15 is 0 Å². The minimum absolute atomic E-state index is 0.199. The molecule has 0 saturated carbocycles. The molecule has 0 bridgehead atoms. The van der Waals surface area contributed by atoms with Crippen molar-refractivity contribution in [3.63, 3.8) is 0 Å². The molecule has 1 fully saturated rings. The van der Waals surface area contributed by atoms with Crippen LogP contribution in [0.4, 0.5) is 0 Å². The summed E-state index contributed by atoms with van der Waals surface area (Å²) < 4.78 is 0. The summed E-state index contributed by atoms with van der Waals surface area (Å²) in [5, 5.41) is 11.9. The van der Waals surface area contributed by atoms with Crippen LogP contribution in [0.1, 0.15) is 0 Å². The van der Waals surface area contributed by atoms with Crippen LogP contribution < -0.4 is 5.32 Å². The molecule has 0 amide bonds. The number of dihydropyridines is 1. The van der Waals surface area contributed by atoms with Gasteiger partial charge >= 0.3 is 5.97 Å². The number of rotatable bonds is 1. The predicted octanol–water partition coefficient (Wildman–Crippen LogP) is -0.329. The summed E-state index contributed by atoms with van der Waals surface area (Å²) in [6.07, 6.45) is 1.69. The Morgan fingerprint density at radius 1 is 1.75 bits per heavy atom. The van der Waals surface area contributed by atoms with Crippen molar-refractivity contribution < 1.29 is 9.90 Å². The number of nitrogens with one attached hydrogen (secondary N) is 1. The normalized spacial score (nSPS) is 27.5. The summed E-state index contributed by atoms with van der Waals surface area (Å²) in [7, 11) is 0. The molecule has 0 aliphatic carbocycles. The minimum atomic E-state index is -0.923. The van der Waals surface area contributed by atoms with Gasteiger partial charge in [0.15, 0.2) is 0 Å². The lowest BCUT2D eigenvalue weighted by atomic mass is 9.99. The Morgan fingerprint density at radius 3 is 3.33 bits per heavy atom. The first-order chi connectivity index (χ1) is 5.77. The molecule has 4 heteroatoms. The number of carboxylic acids is 1. The van der Waals surface area contributed by atoms with Crippen LogP contribution in [0.3, 0.4) is 0 Å². The van der Waals surface area contributed by atoms with Gasteiger partial charge < -0.3 is 10.4 Å². The SMILES string of the molecule is O=C(O)C1=NCC2CNCC2=C1. The Labute approximate surface area is 70.0 Å². The molecule has 2 rings (SSSR count). The molecule has 64 valence electrons. The number of fused-ring (bicyclic) bond motifs is 1. The fourth-order valence-corrected chi connectivity index (χ4v) is 1.58. The zero-order valence-corrected chi connectivity index (χ0v) is 6.58. The van der Waals surface area contributed by atoms with E-state index in [9.17, 15) is 4.79 Å². The molecular weight excluding hydrogens is 156 g/mol. The monoisotopic (exact) mass is 166 g/mol. The Balaban J connectivity index is 2.22. The average molecular weight is 166 g/mol. The van der Waals surface area contributed by atoms with Gasteiger partial charge in [-0.05, 0) is 11.6 Å². The molecule has 2 aliphatic rings. The zero-order chi connectivity index (χ0) is 8.55. The van der Waals surface area contributed by atoms with Gasteiger partial charge in [0.2, 0.25) is 0 Å². The third-order valence-corrected chi connectivity index (χ3v) is 2.27. The van der Waals surface area contributed by atoms with Gasteiger partial charge in [-0.1, -0.05) is 0 Å². The highest BCUT2D eigenvalue weighted by atomic mass is 16.4. The van der Waals surface area contributed by atoms with Gasteiger partial charge in [0, 0.05) is 25.6 Å². The molecule has 0 aromatic rings. The van der Waals surface area contributed by atoms with Gasteiger partial charge in [0.25, 0.3) is 0 Å². The molecule has 4 nitrogen and oxygen atoms in total. The van der Waals surface area contributed by atoms with Crippen LogP contribution in [0.15, 0.2) is 16.6 Å². The Kier molecular flexibility index (Phi) is 1.69. The second kappa shape index (κ2) is 2.71. The minimum Gasteiger partial charge on any atom is -0.477 e. The molecule has 2 aliphatic heterocycles. The largest absolute Gasteiger partial charge is 0.477 e. The maximum absolute atomic E-state index is 10.5. The van der Waals surface area contributed by atoms with Crippen molar-refractivity contribution in [3.05, 3.63) is 11.6 Å². The van der Waals surface area contributed by atoms with Crippen molar-refractivity contribution in [1.82, 2.24) is 5.32 Å². The highest BCUT2D eigenvalue weighted by Gasteiger charge is 2.25. The van der Waals surface area contributed by atoms with Gasteiger partial charge in [-0.2, -0.15) is 0 Å². The third-order valence-electron chi connectivity index (χ3n) is 2.27. The molecule has 1 atom stereocenters. The van der Waals surface area contributed by atoms with E-state index in [0.717, 1.165) is 13.1 Å². The standard InChI is InChI=1S/C8H10N2O2/c11-8(12)7-1-5-2-9-3-6(5)4-10-7/h1,6,9H,2-4H2,(H,11,12). The molecule has 0 aromatic carbocycles. The van der Waals surface area contributed by atoms with Crippen LogP contribution in [-0.4, -0.2) is 36.4 Å². The van der Waals surface area contributed by atoms with Crippen molar-refractivity contribution in [2.75, 3.05) is 19.6 Å². The first kappa shape index (κ1) is 7.49. The van der Waals surface area contributed by atoms with Crippen molar-refractivity contribution in [2.45, 2.75) is 0 Å². The number of nitrogens with zero attached hydrogens (tertiary/aromatic N) is 1. The maximum atomic E-state index is 10.5. The number of carboxylic acid groups (broad SMARTS) is 1. The van der Waals surface area contributed by atoms with Crippen LogP contribution >= 0.6 is 0 Å². The van der Waals surface area contributed by atoms with Gasteiger partial charge in [-0.25, -0.2) is 4.79 Å². The number of carbonyl (C=O) groups is 1. The second-order valence-corrected chi connectivity index (χ2v) is 3.08. The maximum Gasteiger partial charge on any atom is 0.354 e. The summed E-state index contributed by atoms with van der Waals surface area (Å²) in [4.78, 5) is 14.5. The van der Waals surface area contributed by atoms with Gasteiger partial charge in [0.05, 0.1) is 0 Å². The lowest BCUT2D eigenvalue weighted by Crippen LogP contribution is -2.20. The topological polar surface area (TPSA) is 61.7 Å². The van der Waals surface area contributed by atoms with E-state index in [0.29, 0.717) is 12.5 Å². The van der Waals surface area contributed by atoms with E-state index in [2.05, 4.69) is 10.3 Å². The Hall–Kier alpha value is -1.16. The van der Waals surface area contributed by atoms with Crippen LogP contribution in [0.25, 0.3) is 0 Å². The van der Waals surface area contributed by atoms with Crippen molar-refractivity contribution in [3.8, 4) is 0 Å². The van der Waals surface area contributed by atoms with Crippen molar-refractivity contribution in [2.24, 2.45) is 10.9 Å². The third kappa shape index (κ3) is 1.14. The van der Waals surface area contributed by atoms with Crippen LogP contribution in [0.2, 0.25) is 0 Å². The summed E-state index contributed by atoms with van der Waals surface area (Å²) in [6, 6.07) is 0. The lowest BCUT2D eigenvalue weighted by Gasteiger charge is -2.12. The van der Waals surface area contributed by atoms with Gasteiger partial charge in [0.1, 0.15) is 5.71 Å². The average Bonchev–Trinajstić information content (AvgIpc) is 2.49. The fraction of sp³-hybridized carbons (Fsp3) is 0.500. The highest BCUT2D eigenvalue weighted by Crippen LogP contribution is 2.19. The smallest absolute Gasteiger partial charge is 0.354 e. The molecule has 0 aromatic heterocycles. The van der Waals surface area contributed by atoms with E-state index in [1.165, 1.54) is 5.57 Å². The first-order valence-electron chi connectivity index (χ1n) is 3.96. The lowest BCUT2D eigenvalue weighted by molar-refractivity contribution is -0.129. The number of hydrogen-bond acceptors (Lipinski definition) is 3. The van der Waals surface area contributed by atoms with Crippen molar-refractivity contribution in [1.29, 1.82) is 0 Å². The Bertz CT molecular complexity index is 281. The van der Waals surface area contributed by atoms with E-state index in [4.69, 9.17) is 5.11 Å². The van der Waals surface area contributed by atoms with Crippen LogP contribution in [0.5, 0.6) is 0 Å². The summed E-state index contributed by atoms with van der Waals surface area (Å²) in [5.41, 5.74) is 1.38. The van der Waals surface area contributed by atoms with E-state index in [-0.39, 0.29) is 5.71 Å². The summed E-state index contributed by atoms with van der Waals surface area (Å²) in [5.74, 6) is -0.485. The quantitative estimate of drug-likeness (QED) is 0.560. The van der Waals surface area contributed by atoms with Gasteiger partial charge in [-0.3, -0.25) is 4.99 Å². The highest BCUT2D eigenvalue weighted by molar-refractivity contribution is 6.40. The van der Waals surface area contributed by atoms with Crippen LogP contribution in [0, 0.1) is 5.92 Å². The van der Waals surface area contributed by atoms with E-state index < -0.39 is 5.97 Å². The number of hydrogen-bond donors (Lipinski definition) is 2. The summed E-state index contributed by atoms with van der Waals surface area (Å²) in [6.45, 7) is 2.37.